The largest absolute Gasteiger partial charge is 0.299 e. The number of hydrogen-bond donors (Lipinski definition) is 0. The molecule has 0 unspecified atom stereocenters. The van der Waals surface area contributed by atoms with Crippen molar-refractivity contribution in [3.63, 3.8) is 0 Å². The monoisotopic (exact) mass is 124 g/mol. The van der Waals surface area contributed by atoms with Crippen LogP contribution in [0.3, 0.4) is 0 Å². The summed E-state index contributed by atoms with van der Waals surface area (Å²) in [5, 5.41) is 0. The van der Waals surface area contributed by atoms with Crippen LogP contribution in [0, 0.1) is 0 Å². The van der Waals surface area contributed by atoms with Gasteiger partial charge in [-0.1, -0.05) is 18.6 Å². The Morgan fingerprint density at radius 1 is 1.67 bits per heavy atom. The molecule has 0 bridgehead atoms. The maximum Gasteiger partial charge on any atom is 0.137 e. The molecular formula is C8H12O. The minimum atomic E-state index is 0.411. The smallest absolute Gasteiger partial charge is 0.137 e. The van der Waals surface area contributed by atoms with E-state index in [9.17, 15) is 4.79 Å². The fraction of sp³-hybridized carbons (Fsp3) is 0.625. The molecule has 0 fully saturated rings. The van der Waals surface area contributed by atoms with Gasteiger partial charge in [0.05, 0.1) is 0 Å². The molecule has 1 nitrogen and oxygen atoms in total. The molecule has 0 atom stereocenters. The van der Waals surface area contributed by atoms with Crippen LogP contribution in [0.15, 0.2) is 11.6 Å². The van der Waals surface area contributed by atoms with Gasteiger partial charge >= 0.3 is 0 Å². The van der Waals surface area contributed by atoms with Crippen LogP contribution in [0.5, 0.6) is 0 Å². The Morgan fingerprint density at radius 2 is 2.44 bits per heavy atom. The highest BCUT2D eigenvalue weighted by Crippen LogP contribution is 2.16. The molecule has 1 heteroatoms. The first-order valence-electron chi connectivity index (χ1n) is 3.52. The van der Waals surface area contributed by atoms with E-state index in [1.165, 1.54) is 5.57 Å². The van der Waals surface area contributed by atoms with Crippen molar-refractivity contribution < 1.29 is 4.79 Å². The van der Waals surface area contributed by atoms with E-state index in [0.29, 0.717) is 5.78 Å². The van der Waals surface area contributed by atoms with E-state index in [0.717, 1.165) is 25.7 Å². The summed E-state index contributed by atoms with van der Waals surface area (Å²) in [7, 11) is 0. The highest BCUT2D eigenvalue weighted by Gasteiger charge is 2.08. The lowest BCUT2D eigenvalue weighted by atomic mass is 9.97. The third-order valence-corrected chi connectivity index (χ3v) is 1.73. The Hall–Kier alpha value is -0.590. The standard InChI is InChI=1S/C8H12O/c1-2-7-4-3-5-8(9)6-7/h4H,2-3,5-6H2,1H3. The van der Waals surface area contributed by atoms with Crippen LogP contribution >= 0.6 is 0 Å². The molecule has 0 spiro atoms. The number of hydrogen-bond acceptors (Lipinski definition) is 1. The summed E-state index contributed by atoms with van der Waals surface area (Å²) in [6.07, 6.45) is 5.70. The molecule has 1 rings (SSSR count). The summed E-state index contributed by atoms with van der Waals surface area (Å²) < 4.78 is 0. The number of Topliss-reactive ketones (excluding diaryl/α,β-unsaturated/α-hetero) is 1. The number of carbonyl (C=O) groups excluding carboxylic acids is 1. The maximum absolute atomic E-state index is 10.8. The molecule has 1 aliphatic carbocycles. The van der Waals surface area contributed by atoms with Gasteiger partial charge in [0.1, 0.15) is 5.78 Å². The zero-order valence-corrected chi connectivity index (χ0v) is 5.81. The summed E-state index contributed by atoms with van der Waals surface area (Å²) in [4.78, 5) is 10.8. The predicted molar refractivity (Wildman–Crippen MR) is 37.2 cm³/mol. The maximum atomic E-state index is 10.8. The predicted octanol–water partition coefficient (Wildman–Crippen LogP) is 2.08. The fourth-order valence-corrected chi connectivity index (χ4v) is 1.12. The van der Waals surface area contributed by atoms with Gasteiger partial charge in [-0.25, -0.2) is 0 Å². The van der Waals surface area contributed by atoms with Crippen LogP contribution < -0.4 is 0 Å². The van der Waals surface area contributed by atoms with Crippen LogP contribution in [0.4, 0.5) is 0 Å². The van der Waals surface area contributed by atoms with Crippen LogP contribution in [-0.4, -0.2) is 5.78 Å². The number of rotatable bonds is 1. The van der Waals surface area contributed by atoms with Gasteiger partial charge in [-0.2, -0.15) is 0 Å². The zero-order chi connectivity index (χ0) is 6.69. The van der Waals surface area contributed by atoms with Crippen molar-refractivity contribution in [2.45, 2.75) is 32.6 Å². The van der Waals surface area contributed by atoms with E-state index < -0.39 is 0 Å². The second kappa shape index (κ2) is 2.81. The second-order valence-electron chi connectivity index (χ2n) is 2.47. The van der Waals surface area contributed by atoms with E-state index in [1.54, 1.807) is 0 Å². The minimum absolute atomic E-state index is 0.411. The molecule has 0 amide bonds. The Balaban J connectivity index is 2.53. The quantitative estimate of drug-likeness (QED) is 0.489. The van der Waals surface area contributed by atoms with Gasteiger partial charge in [0.15, 0.2) is 0 Å². The summed E-state index contributed by atoms with van der Waals surface area (Å²) in [6, 6.07) is 0. The van der Waals surface area contributed by atoms with E-state index >= 15 is 0 Å². The fourth-order valence-electron chi connectivity index (χ4n) is 1.12. The molecule has 1 aliphatic rings. The zero-order valence-electron chi connectivity index (χ0n) is 5.81. The van der Waals surface area contributed by atoms with E-state index in [4.69, 9.17) is 0 Å². The molecule has 0 aromatic carbocycles. The Bertz CT molecular complexity index is 145. The van der Waals surface area contributed by atoms with Crippen molar-refractivity contribution in [2.24, 2.45) is 0 Å². The van der Waals surface area contributed by atoms with Crippen molar-refractivity contribution in [2.75, 3.05) is 0 Å². The molecule has 50 valence electrons. The lowest BCUT2D eigenvalue weighted by Crippen LogP contribution is -2.03. The topological polar surface area (TPSA) is 17.1 Å². The van der Waals surface area contributed by atoms with E-state index in [2.05, 4.69) is 13.0 Å². The average molecular weight is 124 g/mol. The van der Waals surface area contributed by atoms with Crippen LogP contribution in [0.2, 0.25) is 0 Å². The lowest BCUT2D eigenvalue weighted by Gasteiger charge is -2.08. The molecule has 0 aromatic rings. The van der Waals surface area contributed by atoms with Crippen molar-refractivity contribution in [3.05, 3.63) is 11.6 Å². The second-order valence-corrected chi connectivity index (χ2v) is 2.47. The number of carbonyl (C=O) groups is 1. The molecule has 0 saturated carbocycles. The Kier molecular flexibility index (Phi) is 2.04. The SMILES string of the molecule is CCC1=CCCC(=O)C1. The molecular weight excluding hydrogens is 112 g/mol. The normalized spacial score (nSPS) is 19.7. The number of allylic oxidation sites excluding steroid dienone is 2. The summed E-state index contributed by atoms with van der Waals surface area (Å²) >= 11 is 0. The van der Waals surface area contributed by atoms with Gasteiger partial charge < -0.3 is 0 Å². The summed E-state index contributed by atoms with van der Waals surface area (Å²) in [5.41, 5.74) is 1.33. The van der Waals surface area contributed by atoms with Gasteiger partial charge in [-0.15, -0.1) is 0 Å². The molecule has 0 saturated heterocycles. The van der Waals surface area contributed by atoms with Crippen molar-refractivity contribution >= 4 is 5.78 Å². The first kappa shape index (κ1) is 6.53. The third-order valence-electron chi connectivity index (χ3n) is 1.73. The summed E-state index contributed by atoms with van der Waals surface area (Å²) in [5.74, 6) is 0.411. The molecule has 0 aliphatic heterocycles. The van der Waals surface area contributed by atoms with E-state index in [-0.39, 0.29) is 0 Å². The molecule has 0 heterocycles. The van der Waals surface area contributed by atoms with Gasteiger partial charge in [-0.05, 0) is 12.8 Å². The molecule has 0 N–H and O–H groups in total. The average Bonchev–Trinajstić information content (AvgIpc) is 1.88. The molecule has 9 heavy (non-hydrogen) atoms. The van der Waals surface area contributed by atoms with Crippen molar-refractivity contribution in [1.82, 2.24) is 0 Å². The van der Waals surface area contributed by atoms with E-state index in [1.807, 2.05) is 0 Å². The first-order valence-corrected chi connectivity index (χ1v) is 3.52. The van der Waals surface area contributed by atoms with Gasteiger partial charge in [-0.3, -0.25) is 4.79 Å². The van der Waals surface area contributed by atoms with Crippen molar-refractivity contribution in [1.29, 1.82) is 0 Å². The molecule has 0 radical (unpaired) electrons. The van der Waals surface area contributed by atoms with Crippen LogP contribution in [0.25, 0.3) is 0 Å². The highest BCUT2D eigenvalue weighted by atomic mass is 16.1. The van der Waals surface area contributed by atoms with Crippen LogP contribution in [0.1, 0.15) is 32.6 Å². The van der Waals surface area contributed by atoms with Crippen molar-refractivity contribution in [3.8, 4) is 0 Å². The first-order chi connectivity index (χ1) is 4.33. The summed E-state index contributed by atoms with van der Waals surface area (Å²) in [6.45, 7) is 2.10. The van der Waals surface area contributed by atoms with Gasteiger partial charge in [0, 0.05) is 12.8 Å². The van der Waals surface area contributed by atoms with Gasteiger partial charge in [0.2, 0.25) is 0 Å². The van der Waals surface area contributed by atoms with Gasteiger partial charge in [0.25, 0.3) is 0 Å². The number of ketones is 1. The molecule has 0 aromatic heterocycles. The van der Waals surface area contributed by atoms with Crippen LogP contribution in [-0.2, 0) is 4.79 Å². The minimum Gasteiger partial charge on any atom is -0.299 e. The lowest BCUT2D eigenvalue weighted by molar-refractivity contribution is -0.118. The third kappa shape index (κ3) is 1.67. The Morgan fingerprint density at radius 3 is 2.89 bits per heavy atom. The Labute approximate surface area is 55.8 Å². The highest BCUT2D eigenvalue weighted by molar-refractivity contribution is 5.82.